The molecule has 0 saturated carbocycles. The van der Waals surface area contributed by atoms with Gasteiger partial charge in [0.2, 0.25) is 10.0 Å². The number of benzene rings is 2. The Balaban J connectivity index is 1.49. The Bertz CT molecular complexity index is 1220. The smallest absolute Gasteiger partial charge is 0.265 e. The predicted octanol–water partition coefficient (Wildman–Crippen LogP) is 1.48. The molecule has 1 aliphatic heterocycles. The van der Waals surface area contributed by atoms with Crippen molar-refractivity contribution in [2.75, 3.05) is 38.2 Å². The fourth-order valence-electron chi connectivity index (χ4n) is 3.14. The van der Waals surface area contributed by atoms with E-state index in [9.17, 15) is 13.2 Å². The van der Waals surface area contributed by atoms with Crippen molar-refractivity contribution in [1.82, 2.24) is 19.5 Å². The number of aryl methyl sites for hydroxylation is 1. The van der Waals surface area contributed by atoms with Crippen LogP contribution in [0.2, 0.25) is 5.02 Å². The summed E-state index contributed by atoms with van der Waals surface area (Å²) in [6, 6.07) is 9.56. The Labute approximate surface area is 183 Å². The van der Waals surface area contributed by atoms with Gasteiger partial charge in [-0.25, -0.2) is 8.42 Å². The van der Waals surface area contributed by atoms with Gasteiger partial charge in [0.1, 0.15) is 11.0 Å². The number of nitrogens with one attached hydrogen (secondary N) is 1. The number of sulfonamides is 1. The summed E-state index contributed by atoms with van der Waals surface area (Å²) < 4.78 is 32.4. The summed E-state index contributed by atoms with van der Waals surface area (Å²) >= 11 is 5.92. The molecular weight excluding hydrogens is 446 g/mol. The fourth-order valence-corrected chi connectivity index (χ4v) is 4.80. The maximum atomic E-state index is 12.9. The Morgan fingerprint density at radius 3 is 2.74 bits per heavy atom. The van der Waals surface area contributed by atoms with Gasteiger partial charge in [-0.2, -0.15) is 4.31 Å². The summed E-state index contributed by atoms with van der Waals surface area (Å²) in [4.78, 5) is 18.9. The van der Waals surface area contributed by atoms with Gasteiger partial charge < -0.3 is 14.9 Å². The normalized spacial score (nSPS) is 15.2. The molecule has 4 rings (SSSR count). The number of ether oxygens (including phenoxy) is 1. The van der Waals surface area contributed by atoms with Crippen LogP contribution >= 0.6 is 11.6 Å². The highest BCUT2D eigenvalue weighted by atomic mass is 35.5. The number of hydrogen-bond donors (Lipinski definition) is 1. The highest BCUT2D eigenvalue weighted by Gasteiger charge is 2.27. The third-order valence-corrected chi connectivity index (χ3v) is 6.90. The van der Waals surface area contributed by atoms with Gasteiger partial charge in [-0.1, -0.05) is 16.4 Å². The van der Waals surface area contributed by atoms with Crippen LogP contribution < -0.4 is 10.2 Å². The van der Waals surface area contributed by atoms with Crippen LogP contribution in [0.15, 0.2) is 41.3 Å². The highest BCUT2D eigenvalue weighted by Crippen LogP contribution is 2.22. The molecule has 0 spiro atoms. The number of nitrogens with zero attached hydrogens (tertiary/aromatic N) is 4. The first-order chi connectivity index (χ1) is 14.8. The molecule has 2 aromatic carbocycles. The van der Waals surface area contributed by atoms with Crippen molar-refractivity contribution in [3.05, 3.63) is 47.0 Å². The lowest BCUT2D eigenvalue weighted by Gasteiger charge is -2.26. The number of halogens is 1. The van der Waals surface area contributed by atoms with Gasteiger partial charge in [0.15, 0.2) is 6.61 Å². The molecule has 1 saturated heterocycles. The summed E-state index contributed by atoms with van der Waals surface area (Å²) in [5.41, 5.74) is 2.20. The number of rotatable bonds is 6. The molecule has 0 atom stereocenters. The van der Waals surface area contributed by atoms with Gasteiger partial charge in [-0.3, -0.25) is 4.79 Å². The maximum Gasteiger partial charge on any atom is 0.265 e. The van der Waals surface area contributed by atoms with E-state index in [2.05, 4.69) is 15.6 Å². The predicted molar refractivity (Wildman–Crippen MR) is 113 cm³/mol. The zero-order chi connectivity index (χ0) is 22.0. The molecule has 1 fully saturated rings. The molecule has 1 aliphatic rings. The Morgan fingerprint density at radius 2 is 2.00 bits per heavy atom. The number of anilines is 1. The summed E-state index contributed by atoms with van der Waals surface area (Å²) in [6.45, 7) is 2.76. The van der Waals surface area contributed by atoms with Gasteiger partial charge in [0, 0.05) is 23.8 Å². The topological polar surface area (TPSA) is 116 Å². The Hall–Kier alpha value is -2.73. The zero-order valence-electron chi connectivity index (χ0n) is 16.6. The number of carbonyl (C=O) groups excluding carboxylic acids is 1. The minimum atomic E-state index is -3.69. The van der Waals surface area contributed by atoms with E-state index < -0.39 is 15.9 Å². The zero-order valence-corrected chi connectivity index (χ0v) is 18.2. The SMILES string of the molecule is Cc1cc(Cl)ccc1NC(=O)COn1nnc2ccc(S(=O)(=O)N3CCOCC3)cc21. The molecule has 0 bridgehead atoms. The lowest BCUT2D eigenvalue weighted by Crippen LogP contribution is -2.40. The lowest BCUT2D eigenvalue weighted by atomic mass is 10.2. The molecule has 0 unspecified atom stereocenters. The number of amides is 1. The van der Waals surface area contributed by atoms with Crippen molar-refractivity contribution in [3.8, 4) is 0 Å². The second-order valence-electron chi connectivity index (χ2n) is 6.91. The first-order valence-electron chi connectivity index (χ1n) is 9.47. The van der Waals surface area contributed by atoms with Crippen molar-refractivity contribution in [2.24, 2.45) is 0 Å². The van der Waals surface area contributed by atoms with Crippen LogP contribution in [0.3, 0.4) is 0 Å². The van der Waals surface area contributed by atoms with Crippen LogP contribution in [0.4, 0.5) is 5.69 Å². The van der Waals surface area contributed by atoms with E-state index in [1.54, 1.807) is 24.3 Å². The molecular formula is C19H20ClN5O5S. The van der Waals surface area contributed by atoms with Crippen LogP contribution in [0, 0.1) is 6.92 Å². The van der Waals surface area contributed by atoms with E-state index >= 15 is 0 Å². The minimum Gasteiger partial charge on any atom is -0.385 e. The Morgan fingerprint density at radius 1 is 1.23 bits per heavy atom. The lowest BCUT2D eigenvalue weighted by molar-refractivity contribution is -0.121. The molecule has 3 aromatic rings. The van der Waals surface area contributed by atoms with E-state index in [0.29, 0.717) is 48.0 Å². The molecule has 31 heavy (non-hydrogen) atoms. The molecule has 12 heteroatoms. The van der Waals surface area contributed by atoms with Gasteiger partial charge in [-0.15, -0.1) is 5.10 Å². The van der Waals surface area contributed by atoms with Gasteiger partial charge in [-0.05, 0) is 54.1 Å². The largest absolute Gasteiger partial charge is 0.385 e. The molecule has 1 amide bonds. The minimum absolute atomic E-state index is 0.0929. The van der Waals surface area contributed by atoms with E-state index in [1.165, 1.54) is 16.4 Å². The van der Waals surface area contributed by atoms with Crippen molar-refractivity contribution >= 4 is 44.3 Å². The monoisotopic (exact) mass is 465 g/mol. The first-order valence-corrected chi connectivity index (χ1v) is 11.3. The van der Waals surface area contributed by atoms with E-state index in [0.717, 1.165) is 10.4 Å². The number of fused-ring (bicyclic) bond motifs is 1. The third kappa shape index (κ3) is 4.64. The van der Waals surface area contributed by atoms with Crippen molar-refractivity contribution < 1.29 is 22.8 Å². The molecule has 0 aliphatic carbocycles. The van der Waals surface area contributed by atoms with Crippen LogP contribution in [0.5, 0.6) is 0 Å². The van der Waals surface area contributed by atoms with Gasteiger partial charge in [0.05, 0.1) is 18.1 Å². The van der Waals surface area contributed by atoms with Crippen molar-refractivity contribution in [3.63, 3.8) is 0 Å². The third-order valence-electron chi connectivity index (χ3n) is 4.77. The second-order valence-corrected chi connectivity index (χ2v) is 9.28. The molecule has 0 radical (unpaired) electrons. The number of aromatic nitrogens is 3. The summed E-state index contributed by atoms with van der Waals surface area (Å²) in [5, 5.41) is 11.1. The Kier molecular flexibility index (Phi) is 6.10. The van der Waals surface area contributed by atoms with Crippen LogP contribution in [-0.2, 0) is 19.6 Å². The molecule has 1 aromatic heterocycles. The number of hydrogen-bond acceptors (Lipinski definition) is 7. The first kappa shape index (κ1) is 21.5. The second kappa shape index (κ2) is 8.79. The van der Waals surface area contributed by atoms with Crippen LogP contribution in [0.1, 0.15) is 5.56 Å². The number of carbonyl (C=O) groups is 1. The average molecular weight is 466 g/mol. The van der Waals surface area contributed by atoms with Crippen LogP contribution in [0.25, 0.3) is 11.0 Å². The molecule has 2 heterocycles. The standard InChI is InChI=1S/C19H20ClN5O5S/c1-13-10-14(20)2-4-16(13)21-19(26)12-30-25-18-11-15(3-5-17(18)22-23-25)31(27,28)24-6-8-29-9-7-24/h2-5,10-11H,6-9,12H2,1H3,(H,21,26). The summed E-state index contributed by atoms with van der Waals surface area (Å²) in [7, 11) is -3.69. The average Bonchev–Trinajstić information content (AvgIpc) is 3.17. The van der Waals surface area contributed by atoms with Crippen molar-refractivity contribution in [1.29, 1.82) is 0 Å². The summed E-state index contributed by atoms with van der Waals surface area (Å²) in [5.74, 6) is -0.411. The quantitative estimate of drug-likeness (QED) is 0.586. The fraction of sp³-hybridized carbons (Fsp3) is 0.316. The molecule has 164 valence electrons. The van der Waals surface area contributed by atoms with E-state index in [1.807, 2.05) is 6.92 Å². The molecule has 1 N–H and O–H groups in total. The van der Waals surface area contributed by atoms with Crippen molar-refractivity contribution in [2.45, 2.75) is 11.8 Å². The van der Waals surface area contributed by atoms with E-state index in [-0.39, 0.29) is 11.5 Å². The highest BCUT2D eigenvalue weighted by molar-refractivity contribution is 7.89. The van der Waals surface area contributed by atoms with Crippen LogP contribution in [-0.4, -0.2) is 66.7 Å². The maximum absolute atomic E-state index is 12.9. The summed E-state index contributed by atoms with van der Waals surface area (Å²) in [6.07, 6.45) is 0. The number of morpholine rings is 1. The van der Waals surface area contributed by atoms with Gasteiger partial charge in [0.25, 0.3) is 5.91 Å². The van der Waals surface area contributed by atoms with Gasteiger partial charge >= 0.3 is 0 Å². The van der Waals surface area contributed by atoms with E-state index in [4.69, 9.17) is 21.2 Å². The molecule has 10 nitrogen and oxygen atoms in total.